The summed E-state index contributed by atoms with van der Waals surface area (Å²) in [7, 11) is -0.878. The minimum atomic E-state index is -3.77. The zero-order valence-electron chi connectivity index (χ0n) is 13.4. The van der Waals surface area contributed by atoms with E-state index in [9.17, 15) is 17.6 Å². The van der Waals surface area contributed by atoms with Gasteiger partial charge in [-0.2, -0.15) is 4.31 Å². The van der Waals surface area contributed by atoms with Gasteiger partial charge >= 0.3 is 0 Å². The van der Waals surface area contributed by atoms with Crippen molar-refractivity contribution in [3.05, 3.63) is 46.2 Å². The normalized spacial score (nSPS) is 12.0. The molecule has 2 heterocycles. The molecule has 3 aromatic rings. The molecular formula is C15H15FN4O3S2. The van der Waals surface area contributed by atoms with E-state index in [1.54, 1.807) is 0 Å². The highest BCUT2D eigenvalue weighted by Gasteiger charge is 2.24. The van der Waals surface area contributed by atoms with Crippen LogP contribution in [0.5, 0.6) is 0 Å². The Hall–Kier alpha value is -2.30. The lowest BCUT2D eigenvalue weighted by Gasteiger charge is -2.14. The maximum Gasteiger partial charge on any atom is 0.261 e. The minimum absolute atomic E-state index is 0.0101. The minimum Gasteiger partial charge on any atom is -0.354 e. The molecule has 0 atom stereocenters. The lowest BCUT2D eigenvalue weighted by molar-refractivity contribution is 0.0967. The first kappa shape index (κ1) is 17.5. The van der Waals surface area contributed by atoms with Crippen molar-refractivity contribution >= 4 is 38.3 Å². The van der Waals surface area contributed by atoms with Gasteiger partial charge in [0.25, 0.3) is 5.91 Å². The van der Waals surface area contributed by atoms with Crippen molar-refractivity contribution in [2.45, 2.75) is 11.4 Å². The summed E-state index contributed by atoms with van der Waals surface area (Å²) in [5.41, 5.74) is 1.05. The van der Waals surface area contributed by atoms with Crippen LogP contribution in [0.25, 0.3) is 11.0 Å². The maximum atomic E-state index is 13.2. The predicted octanol–water partition coefficient (Wildman–Crippen LogP) is 1.94. The fraction of sp³-hybridized carbons (Fsp3) is 0.200. The maximum absolute atomic E-state index is 13.2. The Labute approximate surface area is 147 Å². The van der Waals surface area contributed by atoms with Gasteiger partial charge in [0.2, 0.25) is 10.0 Å². The van der Waals surface area contributed by atoms with E-state index in [1.807, 2.05) is 0 Å². The molecule has 2 N–H and O–H groups in total. The van der Waals surface area contributed by atoms with Crippen LogP contribution < -0.4 is 5.32 Å². The molecule has 0 aliphatic rings. The van der Waals surface area contributed by atoms with E-state index < -0.39 is 15.8 Å². The average molecular weight is 382 g/mol. The molecule has 2 aromatic heterocycles. The molecule has 0 fully saturated rings. The molecule has 0 spiro atoms. The number of imidazole rings is 1. The quantitative estimate of drug-likeness (QED) is 0.705. The fourth-order valence-corrected chi connectivity index (χ4v) is 4.62. The third kappa shape index (κ3) is 3.41. The van der Waals surface area contributed by atoms with Crippen LogP contribution in [-0.2, 0) is 16.6 Å². The Morgan fingerprint density at radius 1 is 1.40 bits per heavy atom. The molecule has 0 saturated heterocycles. The Morgan fingerprint density at radius 2 is 2.16 bits per heavy atom. The lowest BCUT2D eigenvalue weighted by Crippen LogP contribution is -2.26. The summed E-state index contributed by atoms with van der Waals surface area (Å²) in [6, 6.07) is 5.45. The number of hydrogen-bond acceptors (Lipinski definition) is 5. The molecule has 0 unspecified atom stereocenters. The highest BCUT2D eigenvalue weighted by Crippen LogP contribution is 2.23. The van der Waals surface area contributed by atoms with E-state index in [4.69, 9.17) is 0 Å². The fourth-order valence-electron chi connectivity index (χ4n) is 2.28. The van der Waals surface area contributed by atoms with Crippen LogP contribution in [0.4, 0.5) is 4.39 Å². The van der Waals surface area contributed by atoms with Crippen LogP contribution in [0.1, 0.15) is 15.5 Å². The van der Waals surface area contributed by atoms with Crippen molar-refractivity contribution in [2.75, 3.05) is 14.1 Å². The zero-order chi connectivity index (χ0) is 18.2. The highest BCUT2D eigenvalue weighted by atomic mass is 32.2. The second-order valence-electron chi connectivity index (χ2n) is 5.33. The summed E-state index contributed by atoms with van der Waals surface area (Å²) in [5, 5.41) is 3.87. The molecule has 10 heteroatoms. The molecule has 0 radical (unpaired) electrons. The first-order chi connectivity index (χ1) is 11.8. The van der Waals surface area contributed by atoms with Gasteiger partial charge in [-0.05, 0) is 24.3 Å². The van der Waals surface area contributed by atoms with Crippen molar-refractivity contribution in [1.82, 2.24) is 19.6 Å². The average Bonchev–Trinajstić information content (AvgIpc) is 3.20. The van der Waals surface area contributed by atoms with Crippen LogP contribution in [-0.4, -0.2) is 42.7 Å². The van der Waals surface area contributed by atoms with E-state index in [-0.39, 0.29) is 17.3 Å². The zero-order valence-corrected chi connectivity index (χ0v) is 15.0. The molecule has 0 bridgehead atoms. The van der Waals surface area contributed by atoms with Gasteiger partial charge in [-0.15, -0.1) is 11.3 Å². The third-order valence-corrected chi connectivity index (χ3v) is 6.46. The van der Waals surface area contributed by atoms with E-state index in [0.29, 0.717) is 21.7 Å². The van der Waals surface area contributed by atoms with Gasteiger partial charge in [-0.25, -0.2) is 17.8 Å². The Balaban J connectivity index is 1.84. The number of sulfonamides is 1. The monoisotopic (exact) mass is 382 g/mol. The number of hydrogen-bond donors (Lipinski definition) is 2. The summed E-state index contributed by atoms with van der Waals surface area (Å²) >= 11 is 1.06. The summed E-state index contributed by atoms with van der Waals surface area (Å²) in [4.78, 5) is 19.1. The second-order valence-corrected chi connectivity index (χ2v) is 8.29. The van der Waals surface area contributed by atoms with Gasteiger partial charge in [0, 0.05) is 19.5 Å². The third-order valence-electron chi connectivity index (χ3n) is 3.60. The van der Waals surface area contributed by atoms with Gasteiger partial charge in [0.15, 0.2) is 0 Å². The van der Waals surface area contributed by atoms with E-state index >= 15 is 0 Å². The Morgan fingerprint density at radius 3 is 2.88 bits per heavy atom. The summed E-state index contributed by atoms with van der Waals surface area (Å²) < 4.78 is 39.6. The van der Waals surface area contributed by atoms with Crippen molar-refractivity contribution in [3.8, 4) is 0 Å². The number of aromatic amines is 1. The van der Waals surface area contributed by atoms with Gasteiger partial charge < -0.3 is 10.3 Å². The smallest absolute Gasteiger partial charge is 0.261 e. The van der Waals surface area contributed by atoms with Gasteiger partial charge in [-0.1, -0.05) is 0 Å². The van der Waals surface area contributed by atoms with E-state index in [2.05, 4.69) is 15.3 Å². The van der Waals surface area contributed by atoms with Crippen LogP contribution >= 0.6 is 11.3 Å². The van der Waals surface area contributed by atoms with Gasteiger partial charge in [0.05, 0.1) is 27.4 Å². The van der Waals surface area contributed by atoms with E-state index in [1.165, 1.54) is 43.7 Å². The van der Waals surface area contributed by atoms with E-state index in [0.717, 1.165) is 15.6 Å². The lowest BCUT2D eigenvalue weighted by atomic mass is 10.3. The number of amides is 1. The number of carbonyl (C=O) groups excluding carboxylic acids is 1. The standard InChI is InChI=1S/C15H15FN4O3S2/c1-17-15(21)13-6-10(8-24-13)25(22,23)20(2)7-14-18-11-4-3-9(16)5-12(11)19-14/h3-6,8H,7H2,1-2H3,(H,17,21)(H,18,19). The topological polar surface area (TPSA) is 95.2 Å². The number of rotatable bonds is 5. The first-order valence-electron chi connectivity index (χ1n) is 7.22. The Bertz CT molecular complexity index is 1040. The van der Waals surface area contributed by atoms with Crippen molar-refractivity contribution in [2.24, 2.45) is 0 Å². The summed E-state index contributed by atoms with van der Waals surface area (Å²) in [6.45, 7) is -0.0101. The summed E-state index contributed by atoms with van der Waals surface area (Å²) in [6.07, 6.45) is 0. The molecule has 0 saturated carbocycles. The number of fused-ring (bicyclic) bond motifs is 1. The largest absolute Gasteiger partial charge is 0.354 e. The van der Waals surface area contributed by atoms with Crippen LogP contribution in [0, 0.1) is 5.82 Å². The Kier molecular flexibility index (Phi) is 4.58. The number of H-pyrrole nitrogens is 1. The molecule has 132 valence electrons. The van der Waals surface area contributed by atoms with Crippen LogP contribution in [0.3, 0.4) is 0 Å². The number of carbonyl (C=O) groups is 1. The number of nitrogens with zero attached hydrogens (tertiary/aromatic N) is 2. The van der Waals surface area contributed by atoms with Gasteiger partial charge in [-0.3, -0.25) is 4.79 Å². The summed E-state index contributed by atoms with van der Waals surface area (Å²) in [5.74, 6) is -0.342. The second kappa shape index (κ2) is 6.54. The van der Waals surface area contributed by atoms with Gasteiger partial charge in [0.1, 0.15) is 11.6 Å². The van der Waals surface area contributed by atoms with Crippen molar-refractivity contribution in [3.63, 3.8) is 0 Å². The molecule has 25 heavy (non-hydrogen) atoms. The number of aromatic nitrogens is 2. The number of thiophene rings is 1. The predicted molar refractivity (Wildman–Crippen MR) is 92.4 cm³/mol. The van der Waals surface area contributed by atoms with Crippen LogP contribution in [0.15, 0.2) is 34.5 Å². The molecule has 0 aliphatic carbocycles. The molecule has 3 rings (SSSR count). The van der Waals surface area contributed by atoms with Crippen molar-refractivity contribution < 1.29 is 17.6 Å². The molecule has 1 amide bonds. The molecular weight excluding hydrogens is 367 g/mol. The SMILES string of the molecule is CNC(=O)c1cc(S(=O)(=O)N(C)Cc2nc3ccc(F)cc3[nH]2)cs1. The first-order valence-corrected chi connectivity index (χ1v) is 9.54. The molecule has 0 aliphatic heterocycles. The highest BCUT2D eigenvalue weighted by molar-refractivity contribution is 7.89. The van der Waals surface area contributed by atoms with Crippen LogP contribution in [0.2, 0.25) is 0 Å². The molecule has 7 nitrogen and oxygen atoms in total. The van der Waals surface area contributed by atoms with Crippen molar-refractivity contribution in [1.29, 1.82) is 0 Å². The number of benzene rings is 1. The number of nitrogens with one attached hydrogen (secondary N) is 2. The number of halogens is 1. The molecule has 1 aromatic carbocycles.